The van der Waals surface area contributed by atoms with Crippen molar-refractivity contribution in [1.82, 2.24) is 4.98 Å². The maximum absolute atomic E-state index is 10.6. The number of fused-ring (bicyclic) bond motifs is 1. The monoisotopic (exact) mass is 216 g/mol. The number of rotatable bonds is 3. The van der Waals surface area contributed by atoms with Gasteiger partial charge in [-0.15, -0.1) is 0 Å². The van der Waals surface area contributed by atoms with Crippen LogP contribution >= 0.6 is 0 Å². The number of pyridine rings is 1. The molecule has 4 heteroatoms. The number of hydrogen-bond acceptors (Lipinski definition) is 4. The Hall–Kier alpha value is -2.10. The second-order valence-electron chi connectivity index (χ2n) is 3.41. The topological polar surface area (TPSA) is 62.2 Å². The smallest absolute Gasteiger partial charge is 0.146 e. The summed E-state index contributed by atoms with van der Waals surface area (Å²) in [6.07, 6.45) is 0.645. The number of hydrogen-bond donors (Lipinski definition) is 0. The van der Waals surface area contributed by atoms with Crippen LogP contribution in [-0.2, 0) is 4.79 Å². The molecule has 16 heavy (non-hydrogen) atoms. The van der Waals surface area contributed by atoms with Crippen LogP contribution in [0.15, 0.2) is 36.5 Å². The maximum atomic E-state index is 10.6. The van der Waals surface area contributed by atoms with Gasteiger partial charge in [-0.05, 0) is 19.1 Å². The molecule has 0 spiro atoms. The van der Waals surface area contributed by atoms with Crippen molar-refractivity contribution in [3.8, 4) is 5.75 Å². The number of para-hydroxylation sites is 1. The number of carbonyl (C=O) groups is 1. The molecule has 1 atom stereocenters. The van der Waals surface area contributed by atoms with E-state index in [2.05, 4.69) is 4.98 Å². The molecule has 0 bridgehead atoms. The molecule has 4 nitrogen and oxygen atoms in total. The van der Waals surface area contributed by atoms with E-state index in [9.17, 15) is 9.90 Å². The summed E-state index contributed by atoms with van der Waals surface area (Å²) in [6, 6.07) is 9.07. The number of ether oxygens (including phenoxy) is 1. The molecule has 0 saturated heterocycles. The zero-order valence-electron chi connectivity index (χ0n) is 8.71. The van der Waals surface area contributed by atoms with Gasteiger partial charge in [0.2, 0.25) is 0 Å². The summed E-state index contributed by atoms with van der Waals surface area (Å²) < 4.78 is 5.26. The lowest BCUT2D eigenvalue weighted by atomic mass is 10.2. The lowest BCUT2D eigenvalue weighted by molar-refractivity contribution is -0.312. The highest BCUT2D eigenvalue weighted by Crippen LogP contribution is 2.23. The van der Waals surface area contributed by atoms with Crippen molar-refractivity contribution in [1.29, 1.82) is 0 Å². The lowest BCUT2D eigenvalue weighted by Crippen LogP contribution is -2.37. The Kier molecular flexibility index (Phi) is 2.72. The van der Waals surface area contributed by atoms with Crippen LogP contribution in [0.2, 0.25) is 0 Å². The third-order valence-electron chi connectivity index (χ3n) is 2.23. The third-order valence-corrected chi connectivity index (χ3v) is 2.23. The van der Waals surface area contributed by atoms with Crippen LogP contribution in [0.4, 0.5) is 0 Å². The Balaban J connectivity index is 2.41. The molecule has 0 N–H and O–H groups in total. The van der Waals surface area contributed by atoms with Crippen molar-refractivity contribution in [3.05, 3.63) is 36.5 Å². The summed E-state index contributed by atoms with van der Waals surface area (Å²) in [5.74, 6) is -0.789. The molecule has 0 radical (unpaired) electrons. The van der Waals surface area contributed by atoms with Gasteiger partial charge in [0, 0.05) is 11.6 Å². The summed E-state index contributed by atoms with van der Waals surface area (Å²) in [6.45, 7) is 1.43. The fourth-order valence-corrected chi connectivity index (χ4v) is 1.41. The van der Waals surface area contributed by atoms with E-state index in [1.807, 2.05) is 18.2 Å². The van der Waals surface area contributed by atoms with Gasteiger partial charge in [-0.25, -0.2) is 0 Å². The van der Waals surface area contributed by atoms with Crippen LogP contribution in [0.1, 0.15) is 6.92 Å². The van der Waals surface area contributed by atoms with E-state index >= 15 is 0 Å². The SMILES string of the molecule is C[C@H](Oc1cccc2cccnc12)C(=O)[O-]. The Morgan fingerprint density at radius 3 is 2.88 bits per heavy atom. The summed E-state index contributed by atoms with van der Waals surface area (Å²) in [4.78, 5) is 14.7. The largest absolute Gasteiger partial charge is 0.546 e. The molecule has 0 aliphatic rings. The summed E-state index contributed by atoms with van der Waals surface area (Å²) >= 11 is 0. The molecule has 0 aliphatic carbocycles. The first-order chi connectivity index (χ1) is 7.68. The summed E-state index contributed by atoms with van der Waals surface area (Å²) in [7, 11) is 0. The van der Waals surface area contributed by atoms with Crippen molar-refractivity contribution in [2.24, 2.45) is 0 Å². The van der Waals surface area contributed by atoms with Crippen molar-refractivity contribution >= 4 is 16.9 Å². The summed E-state index contributed by atoms with van der Waals surface area (Å²) in [5.41, 5.74) is 0.651. The van der Waals surface area contributed by atoms with Gasteiger partial charge < -0.3 is 14.6 Å². The standard InChI is InChI=1S/C12H11NO3/c1-8(12(14)15)16-10-6-2-4-9-5-3-7-13-11(9)10/h2-8H,1H3,(H,14,15)/p-1/t8-/m0/s1. The minimum Gasteiger partial charge on any atom is -0.546 e. The Labute approximate surface area is 92.5 Å². The number of nitrogens with zero attached hydrogens (tertiary/aromatic N) is 1. The van der Waals surface area contributed by atoms with E-state index in [0.29, 0.717) is 11.3 Å². The van der Waals surface area contributed by atoms with E-state index < -0.39 is 12.1 Å². The molecule has 0 saturated carbocycles. The van der Waals surface area contributed by atoms with Crippen LogP contribution in [0.25, 0.3) is 10.9 Å². The molecule has 0 unspecified atom stereocenters. The fraction of sp³-hybridized carbons (Fsp3) is 0.167. The number of carboxylic acids is 1. The fourth-order valence-electron chi connectivity index (χ4n) is 1.41. The molecule has 0 aliphatic heterocycles. The van der Waals surface area contributed by atoms with Crippen LogP contribution in [-0.4, -0.2) is 17.1 Å². The van der Waals surface area contributed by atoms with E-state index in [1.54, 1.807) is 18.3 Å². The Morgan fingerprint density at radius 1 is 1.38 bits per heavy atom. The van der Waals surface area contributed by atoms with Crippen molar-refractivity contribution in [2.75, 3.05) is 0 Å². The number of aliphatic carboxylic acids is 1. The predicted octanol–water partition coefficient (Wildman–Crippen LogP) is 0.752. The highest BCUT2D eigenvalue weighted by Gasteiger charge is 2.08. The first-order valence-electron chi connectivity index (χ1n) is 4.90. The van der Waals surface area contributed by atoms with Gasteiger partial charge in [0.1, 0.15) is 17.4 Å². The molecule has 82 valence electrons. The van der Waals surface area contributed by atoms with Crippen LogP contribution in [0.3, 0.4) is 0 Å². The third kappa shape index (κ3) is 1.95. The van der Waals surface area contributed by atoms with Crippen LogP contribution < -0.4 is 9.84 Å². The number of aromatic nitrogens is 1. The molecule has 1 heterocycles. The molecule has 2 aromatic rings. The van der Waals surface area contributed by atoms with Gasteiger partial charge in [0.15, 0.2) is 0 Å². The molecule has 1 aromatic heterocycles. The lowest BCUT2D eigenvalue weighted by Gasteiger charge is -2.16. The molecular formula is C12H10NO3-. The average Bonchev–Trinajstić information content (AvgIpc) is 2.29. The minimum absolute atomic E-state index is 0.454. The Bertz CT molecular complexity index is 519. The van der Waals surface area contributed by atoms with Crippen LogP contribution in [0, 0.1) is 0 Å². The molecule has 1 aromatic carbocycles. The van der Waals surface area contributed by atoms with Gasteiger partial charge in [0.05, 0.1) is 5.97 Å². The van der Waals surface area contributed by atoms with Gasteiger partial charge in [-0.3, -0.25) is 4.98 Å². The zero-order chi connectivity index (χ0) is 11.5. The quantitative estimate of drug-likeness (QED) is 0.759. The minimum atomic E-state index is -1.24. The first-order valence-corrected chi connectivity index (χ1v) is 4.90. The van der Waals surface area contributed by atoms with Crippen molar-refractivity contribution in [2.45, 2.75) is 13.0 Å². The number of benzene rings is 1. The van der Waals surface area contributed by atoms with Gasteiger partial charge in [-0.1, -0.05) is 18.2 Å². The molecule has 0 fully saturated rings. The van der Waals surface area contributed by atoms with Crippen molar-refractivity contribution < 1.29 is 14.6 Å². The molecule has 0 amide bonds. The van der Waals surface area contributed by atoms with Crippen LogP contribution in [0.5, 0.6) is 5.75 Å². The van der Waals surface area contributed by atoms with E-state index in [0.717, 1.165) is 5.39 Å². The van der Waals surface area contributed by atoms with Gasteiger partial charge in [-0.2, -0.15) is 0 Å². The Morgan fingerprint density at radius 2 is 2.12 bits per heavy atom. The number of carbonyl (C=O) groups excluding carboxylic acids is 1. The average molecular weight is 216 g/mol. The zero-order valence-corrected chi connectivity index (χ0v) is 8.71. The highest BCUT2D eigenvalue weighted by molar-refractivity contribution is 5.84. The highest BCUT2D eigenvalue weighted by atomic mass is 16.5. The van der Waals surface area contributed by atoms with Gasteiger partial charge in [0.25, 0.3) is 0 Å². The predicted molar refractivity (Wildman–Crippen MR) is 56.8 cm³/mol. The second kappa shape index (κ2) is 4.18. The van der Waals surface area contributed by atoms with E-state index in [-0.39, 0.29) is 0 Å². The molecule has 2 rings (SSSR count). The van der Waals surface area contributed by atoms with E-state index in [1.165, 1.54) is 6.92 Å². The van der Waals surface area contributed by atoms with Crippen molar-refractivity contribution in [3.63, 3.8) is 0 Å². The second-order valence-corrected chi connectivity index (χ2v) is 3.41. The maximum Gasteiger partial charge on any atom is 0.146 e. The molecular weight excluding hydrogens is 206 g/mol. The van der Waals surface area contributed by atoms with E-state index in [4.69, 9.17) is 4.74 Å². The number of carboxylic acid groups (broad SMARTS) is 1. The normalized spacial score (nSPS) is 12.3. The first kappa shape index (κ1) is 10.4. The summed E-state index contributed by atoms with van der Waals surface area (Å²) in [5, 5.41) is 11.5. The van der Waals surface area contributed by atoms with Gasteiger partial charge >= 0.3 is 0 Å².